The predicted molar refractivity (Wildman–Crippen MR) is 81.7 cm³/mol. The fraction of sp³-hybridized carbons (Fsp3) is 0. The van der Waals surface area contributed by atoms with E-state index in [1.807, 2.05) is 48.5 Å². The van der Waals surface area contributed by atoms with Crippen molar-refractivity contribution < 1.29 is 0 Å². The smallest absolute Gasteiger partial charge is 0.176 e. The molecule has 0 unspecified atom stereocenters. The van der Waals surface area contributed by atoms with Crippen LogP contribution in [0.4, 0.5) is 0 Å². The van der Waals surface area contributed by atoms with E-state index in [1.54, 1.807) is 0 Å². The number of rotatable bonds is 0. The maximum Gasteiger partial charge on any atom is 2.00 e. The Bertz CT molecular complexity index is 311. The zero-order valence-corrected chi connectivity index (χ0v) is 13.8. The van der Waals surface area contributed by atoms with Gasteiger partial charge in [-0.05, 0) is 0 Å². The van der Waals surface area contributed by atoms with E-state index in [9.17, 15) is 0 Å². The molecule has 0 saturated carbocycles. The Morgan fingerprint density at radius 2 is 1.13 bits per heavy atom. The van der Waals surface area contributed by atoms with Crippen LogP contribution in [-0.2, 0) is 0 Å². The summed E-state index contributed by atoms with van der Waals surface area (Å²) in [6, 6.07) is 21.8. The minimum Gasteiger partial charge on any atom is -0.176 e. The van der Waals surface area contributed by atoms with Gasteiger partial charge in [0.25, 0.3) is 0 Å². The molecule has 0 aromatic heterocycles. The van der Waals surface area contributed by atoms with Crippen molar-refractivity contribution >= 4 is 68.2 Å². The van der Waals surface area contributed by atoms with Crippen molar-refractivity contribution in [2.75, 3.05) is 0 Å². The van der Waals surface area contributed by atoms with Crippen LogP contribution in [-0.4, -0.2) is 23.1 Å². The van der Waals surface area contributed by atoms with E-state index in [0.717, 1.165) is 0 Å². The summed E-state index contributed by atoms with van der Waals surface area (Å²) in [6.45, 7) is 0. The average molecular weight is 430 g/mol. The van der Waals surface area contributed by atoms with Gasteiger partial charge in [-0.3, -0.25) is 0 Å². The summed E-state index contributed by atoms with van der Waals surface area (Å²) in [5, 5.41) is 0. The minimum absolute atomic E-state index is 0. The number of halogens is 2. The van der Waals surface area contributed by atoms with Crippen LogP contribution < -0.4 is 0 Å². The predicted octanol–water partition coefficient (Wildman–Crippen LogP) is 3.80. The summed E-state index contributed by atoms with van der Waals surface area (Å²) in [5.41, 5.74) is 0. The molecule has 0 amide bonds. The summed E-state index contributed by atoms with van der Waals surface area (Å²) in [4.78, 5) is 0. The SMILES string of the molecule is Ic1[c-]cccc1.Ic1[c-]cccc1.[Mg+2]. The first-order chi connectivity index (χ1) is 6.79. The van der Waals surface area contributed by atoms with Crippen molar-refractivity contribution in [1.29, 1.82) is 0 Å². The summed E-state index contributed by atoms with van der Waals surface area (Å²) >= 11 is 4.45. The quantitative estimate of drug-likeness (QED) is 0.339. The van der Waals surface area contributed by atoms with E-state index in [4.69, 9.17) is 0 Å². The van der Waals surface area contributed by atoms with E-state index in [-0.39, 0.29) is 23.1 Å². The molecule has 0 bridgehead atoms. The first-order valence-corrected chi connectivity index (χ1v) is 6.19. The maximum absolute atomic E-state index is 3.02. The Kier molecular flexibility index (Phi) is 10.3. The molecule has 0 saturated heterocycles. The molecule has 2 aromatic carbocycles. The van der Waals surface area contributed by atoms with Crippen LogP contribution in [0.2, 0.25) is 0 Å². The van der Waals surface area contributed by atoms with E-state index in [2.05, 4.69) is 57.3 Å². The third kappa shape index (κ3) is 8.47. The Balaban J connectivity index is 0.000000245. The molecule has 0 N–H and O–H groups in total. The van der Waals surface area contributed by atoms with Crippen molar-refractivity contribution in [1.82, 2.24) is 0 Å². The van der Waals surface area contributed by atoms with Crippen molar-refractivity contribution in [2.45, 2.75) is 0 Å². The van der Waals surface area contributed by atoms with Crippen LogP contribution in [0, 0.1) is 19.3 Å². The van der Waals surface area contributed by atoms with Crippen molar-refractivity contribution in [3.8, 4) is 0 Å². The zero-order chi connectivity index (χ0) is 10.2. The van der Waals surface area contributed by atoms with Gasteiger partial charge in [0.2, 0.25) is 0 Å². The van der Waals surface area contributed by atoms with Crippen LogP contribution in [0.3, 0.4) is 0 Å². The second-order valence-electron chi connectivity index (χ2n) is 2.42. The standard InChI is InChI=1S/2C6H4I.Mg/c2*7-6-4-2-1-3-5-6;/h2*1-4H;/q2*-1;+2. The second kappa shape index (κ2) is 9.86. The van der Waals surface area contributed by atoms with Gasteiger partial charge in [-0.25, -0.2) is 0 Å². The van der Waals surface area contributed by atoms with Crippen molar-refractivity contribution in [3.05, 3.63) is 67.8 Å². The van der Waals surface area contributed by atoms with E-state index in [1.165, 1.54) is 7.14 Å². The molecule has 2 rings (SSSR count). The molecule has 15 heavy (non-hydrogen) atoms. The number of benzene rings is 2. The largest absolute Gasteiger partial charge is 2.00 e. The molecule has 0 spiro atoms. The maximum atomic E-state index is 3.02. The average Bonchev–Trinajstić information content (AvgIpc) is 2.21. The van der Waals surface area contributed by atoms with Crippen LogP contribution in [0.25, 0.3) is 0 Å². The molecule has 0 aliphatic carbocycles. The molecule has 0 atom stereocenters. The van der Waals surface area contributed by atoms with Gasteiger partial charge in [-0.15, -0.1) is 7.14 Å². The molecule has 0 fully saturated rings. The monoisotopic (exact) mass is 430 g/mol. The minimum atomic E-state index is 0. The first kappa shape index (κ1) is 15.7. The third-order valence-corrected chi connectivity index (χ3v) is 2.68. The Morgan fingerprint density at radius 3 is 1.27 bits per heavy atom. The van der Waals surface area contributed by atoms with Gasteiger partial charge in [0.1, 0.15) is 0 Å². The third-order valence-electron chi connectivity index (χ3n) is 1.34. The van der Waals surface area contributed by atoms with Gasteiger partial charge in [0.15, 0.2) is 0 Å². The van der Waals surface area contributed by atoms with E-state index >= 15 is 0 Å². The summed E-state index contributed by atoms with van der Waals surface area (Å²) in [5.74, 6) is 0. The Morgan fingerprint density at radius 1 is 0.733 bits per heavy atom. The molecular formula is C12H8I2Mg. The molecule has 0 aliphatic rings. The summed E-state index contributed by atoms with van der Waals surface area (Å²) in [6.07, 6.45) is 0. The molecule has 72 valence electrons. The number of hydrogen-bond donors (Lipinski definition) is 0. The molecule has 0 nitrogen and oxygen atoms in total. The van der Waals surface area contributed by atoms with E-state index in [0.29, 0.717) is 0 Å². The van der Waals surface area contributed by atoms with Crippen molar-refractivity contribution in [2.24, 2.45) is 0 Å². The Hall–Kier alpha value is 0.666. The van der Waals surface area contributed by atoms with E-state index < -0.39 is 0 Å². The zero-order valence-electron chi connectivity index (χ0n) is 8.08. The first-order valence-electron chi connectivity index (χ1n) is 4.03. The van der Waals surface area contributed by atoms with Gasteiger partial charge in [-0.2, -0.15) is 60.7 Å². The molecule has 3 heteroatoms. The molecule has 2 aromatic rings. The van der Waals surface area contributed by atoms with Gasteiger partial charge >= 0.3 is 23.1 Å². The molecular weight excluding hydrogens is 422 g/mol. The van der Waals surface area contributed by atoms with Crippen LogP contribution >= 0.6 is 45.2 Å². The molecule has 0 aliphatic heterocycles. The molecule has 0 heterocycles. The summed E-state index contributed by atoms with van der Waals surface area (Å²) < 4.78 is 2.33. The van der Waals surface area contributed by atoms with Gasteiger partial charge in [-0.1, -0.05) is 45.2 Å². The van der Waals surface area contributed by atoms with Crippen LogP contribution in [0.5, 0.6) is 0 Å². The second-order valence-corrected chi connectivity index (χ2v) is 4.75. The van der Waals surface area contributed by atoms with Gasteiger partial charge in [0.05, 0.1) is 0 Å². The normalized spacial score (nSPS) is 8.13. The molecule has 0 radical (unpaired) electrons. The fourth-order valence-corrected chi connectivity index (χ4v) is 1.52. The van der Waals surface area contributed by atoms with Gasteiger partial charge < -0.3 is 0 Å². The number of hydrogen-bond acceptors (Lipinski definition) is 0. The Labute approximate surface area is 134 Å². The van der Waals surface area contributed by atoms with Crippen molar-refractivity contribution in [3.63, 3.8) is 0 Å². The van der Waals surface area contributed by atoms with Gasteiger partial charge in [0, 0.05) is 0 Å². The van der Waals surface area contributed by atoms with Crippen LogP contribution in [0.1, 0.15) is 0 Å². The van der Waals surface area contributed by atoms with Crippen LogP contribution in [0.15, 0.2) is 48.5 Å². The fourth-order valence-electron chi connectivity index (χ4n) is 0.743. The summed E-state index contributed by atoms with van der Waals surface area (Å²) in [7, 11) is 0. The topological polar surface area (TPSA) is 0 Å².